The van der Waals surface area contributed by atoms with Gasteiger partial charge in [0.05, 0.1) is 45.9 Å². The first-order valence-electron chi connectivity index (χ1n) is 10.4. The lowest BCUT2D eigenvalue weighted by atomic mass is 10.1. The SMILES string of the molecule is S=C(NCCC[NH+]1CCOCC1)N1CC[NH+](Cc2ccc3c(c2)OCO3)CC1. The summed E-state index contributed by atoms with van der Waals surface area (Å²) in [7, 11) is 0. The van der Waals surface area contributed by atoms with Crippen LogP contribution >= 0.6 is 12.2 Å². The molecule has 7 nitrogen and oxygen atoms in total. The average molecular weight is 409 g/mol. The molecule has 3 aliphatic rings. The minimum atomic E-state index is 0.336. The van der Waals surface area contributed by atoms with Crippen molar-refractivity contribution in [3.63, 3.8) is 0 Å². The summed E-state index contributed by atoms with van der Waals surface area (Å²) in [6, 6.07) is 6.28. The van der Waals surface area contributed by atoms with Crippen LogP contribution in [-0.4, -0.2) is 82.4 Å². The summed E-state index contributed by atoms with van der Waals surface area (Å²) in [4.78, 5) is 5.56. The van der Waals surface area contributed by atoms with Crippen molar-refractivity contribution in [3.05, 3.63) is 23.8 Å². The molecule has 154 valence electrons. The second kappa shape index (κ2) is 9.73. The summed E-state index contributed by atoms with van der Waals surface area (Å²) in [6.07, 6.45) is 1.16. The van der Waals surface area contributed by atoms with Crippen molar-refractivity contribution >= 4 is 17.3 Å². The lowest BCUT2D eigenvalue weighted by Crippen LogP contribution is -3.14. The quantitative estimate of drug-likeness (QED) is 0.385. The summed E-state index contributed by atoms with van der Waals surface area (Å²) in [5.74, 6) is 1.73. The molecule has 3 aliphatic heterocycles. The number of rotatable bonds is 6. The molecule has 8 heteroatoms. The summed E-state index contributed by atoms with van der Waals surface area (Å²) >= 11 is 5.61. The van der Waals surface area contributed by atoms with Gasteiger partial charge in [0, 0.05) is 18.5 Å². The minimum absolute atomic E-state index is 0.336. The van der Waals surface area contributed by atoms with Crippen LogP contribution in [0.4, 0.5) is 0 Å². The molecule has 0 radical (unpaired) electrons. The number of fused-ring (bicyclic) bond motifs is 1. The molecular weight excluding hydrogens is 376 g/mol. The predicted molar refractivity (Wildman–Crippen MR) is 110 cm³/mol. The molecule has 0 atom stereocenters. The Morgan fingerprint density at radius 1 is 1.04 bits per heavy atom. The smallest absolute Gasteiger partial charge is 0.231 e. The third-order valence-corrected chi connectivity index (χ3v) is 6.23. The summed E-state index contributed by atoms with van der Waals surface area (Å²) in [6.45, 7) is 11.8. The van der Waals surface area contributed by atoms with E-state index in [0.717, 1.165) is 88.6 Å². The number of piperazine rings is 1. The highest BCUT2D eigenvalue weighted by Crippen LogP contribution is 2.32. The van der Waals surface area contributed by atoms with Crippen molar-refractivity contribution in [3.8, 4) is 11.5 Å². The van der Waals surface area contributed by atoms with Gasteiger partial charge in [0.25, 0.3) is 0 Å². The van der Waals surface area contributed by atoms with Gasteiger partial charge in [-0.15, -0.1) is 0 Å². The van der Waals surface area contributed by atoms with E-state index in [-0.39, 0.29) is 0 Å². The minimum Gasteiger partial charge on any atom is -0.454 e. The van der Waals surface area contributed by atoms with Gasteiger partial charge in [-0.1, -0.05) is 0 Å². The van der Waals surface area contributed by atoms with Crippen LogP contribution < -0.4 is 24.6 Å². The molecule has 0 aliphatic carbocycles. The van der Waals surface area contributed by atoms with Gasteiger partial charge in [-0.2, -0.15) is 0 Å². The van der Waals surface area contributed by atoms with Crippen LogP contribution in [0.1, 0.15) is 12.0 Å². The van der Waals surface area contributed by atoms with Gasteiger partial charge >= 0.3 is 0 Å². The second-order valence-electron chi connectivity index (χ2n) is 7.80. The van der Waals surface area contributed by atoms with Gasteiger partial charge in [-0.05, 0) is 30.4 Å². The second-order valence-corrected chi connectivity index (χ2v) is 8.19. The Morgan fingerprint density at radius 2 is 1.82 bits per heavy atom. The molecule has 0 aromatic heterocycles. The van der Waals surface area contributed by atoms with E-state index >= 15 is 0 Å². The Hall–Kier alpha value is -1.61. The number of thiocarbonyl (C=S) groups is 1. The summed E-state index contributed by atoms with van der Waals surface area (Å²) < 4.78 is 16.3. The molecule has 0 spiro atoms. The number of ether oxygens (including phenoxy) is 3. The van der Waals surface area contributed by atoms with Crippen molar-refractivity contribution in [2.24, 2.45) is 0 Å². The van der Waals surface area contributed by atoms with Crippen LogP contribution in [0.5, 0.6) is 11.5 Å². The first-order valence-corrected chi connectivity index (χ1v) is 10.8. The fourth-order valence-electron chi connectivity index (χ4n) is 4.10. The molecule has 3 heterocycles. The Labute approximate surface area is 172 Å². The maximum Gasteiger partial charge on any atom is 0.231 e. The zero-order valence-electron chi connectivity index (χ0n) is 16.5. The molecular formula is C20H32N4O3S+2. The molecule has 0 amide bonds. The Bertz CT molecular complexity index is 661. The molecule has 3 N–H and O–H groups in total. The zero-order valence-corrected chi connectivity index (χ0v) is 17.3. The van der Waals surface area contributed by atoms with Gasteiger partial charge in [0.15, 0.2) is 16.6 Å². The van der Waals surface area contributed by atoms with Gasteiger partial charge < -0.3 is 34.2 Å². The monoisotopic (exact) mass is 408 g/mol. The molecule has 0 saturated carbocycles. The van der Waals surface area contributed by atoms with Crippen molar-refractivity contribution in [1.29, 1.82) is 0 Å². The fraction of sp³-hybridized carbons (Fsp3) is 0.650. The number of nitrogens with zero attached hydrogens (tertiary/aromatic N) is 1. The highest BCUT2D eigenvalue weighted by molar-refractivity contribution is 7.80. The number of benzene rings is 1. The third-order valence-electron chi connectivity index (χ3n) is 5.83. The van der Waals surface area contributed by atoms with Gasteiger partial charge in [-0.25, -0.2) is 0 Å². The maximum absolute atomic E-state index is 5.61. The molecule has 2 fully saturated rings. The molecule has 4 rings (SSSR count). The maximum atomic E-state index is 5.61. The zero-order chi connectivity index (χ0) is 19.2. The van der Waals surface area contributed by atoms with Crippen molar-refractivity contribution in [1.82, 2.24) is 10.2 Å². The van der Waals surface area contributed by atoms with E-state index in [9.17, 15) is 0 Å². The van der Waals surface area contributed by atoms with Crippen LogP contribution in [0.3, 0.4) is 0 Å². The van der Waals surface area contributed by atoms with Crippen LogP contribution in [0.25, 0.3) is 0 Å². The first-order chi connectivity index (χ1) is 13.8. The topological polar surface area (TPSA) is 51.8 Å². The van der Waals surface area contributed by atoms with E-state index in [1.807, 2.05) is 6.07 Å². The Balaban J connectivity index is 1.13. The third kappa shape index (κ3) is 5.26. The van der Waals surface area contributed by atoms with E-state index in [1.54, 1.807) is 9.80 Å². The predicted octanol–water partition coefficient (Wildman–Crippen LogP) is -1.70. The van der Waals surface area contributed by atoms with Crippen molar-refractivity contribution in [2.75, 3.05) is 72.4 Å². The molecule has 0 unspecified atom stereocenters. The van der Waals surface area contributed by atoms with E-state index in [4.69, 9.17) is 26.4 Å². The Morgan fingerprint density at radius 3 is 2.64 bits per heavy atom. The molecule has 1 aromatic rings. The lowest BCUT2D eigenvalue weighted by molar-refractivity contribution is -0.917. The van der Waals surface area contributed by atoms with Crippen LogP contribution in [0.15, 0.2) is 18.2 Å². The normalized spacial score (nSPS) is 20.4. The highest BCUT2D eigenvalue weighted by Gasteiger charge is 2.23. The average Bonchev–Trinajstić information content (AvgIpc) is 3.20. The van der Waals surface area contributed by atoms with Crippen LogP contribution in [0, 0.1) is 0 Å². The number of hydrogen-bond donors (Lipinski definition) is 3. The molecule has 0 bridgehead atoms. The fourth-order valence-corrected chi connectivity index (χ4v) is 4.38. The lowest BCUT2D eigenvalue weighted by Gasteiger charge is -2.34. The van der Waals surface area contributed by atoms with Crippen molar-refractivity contribution < 1.29 is 24.0 Å². The van der Waals surface area contributed by atoms with Crippen molar-refractivity contribution in [2.45, 2.75) is 13.0 Å². The van der Waals surface area contributed by atoms with Gasteiger partial charge in [0.2, 0.25) is 6.79 Å². The van der Waals surface area contributed by atoms with E-state index < -0.39 is 0 Å². The first kappa shape index (κ1) is 19.7. The Kier molecular flexibility index (Phi) is 6.85. The van der Waals surface area contributed by atoms with E-state index in [2.05, 4.69) is 22.3 Å². The largest absolute Gasteiger partial charge is 0.454 e. The van der Waals surface area contributed by atoms with E-state index in [1.165, 1.54) is 12.1 Å². The molecule has 2 saturated heterocycles. The van der Waals surface area contributed by atoms with Crippen LogP contribution in [-0.2, 0) is 11.3 Å². The van der Waals surface area contributed by atoms with Gasteiger partial charge in [-0.3, -0.25) is 0 Å². The van der Waals surface area contributed by atoms with E-state index in [0.29, 0.717) is 6.79 Å². The standard InChI is InChI=1S/C20H30N4O3S/c28-20(21-4-1-5-22-10-12-25-13-11-22)24-8-6-23(7-9-24)15-17-2-3-18-19(14-17)27-16-26-18/h2-3,14H,1,4-13,15-16H2,(H,21,28)/p+2. The number of quaternary nitrogens is 2. The molecule has 28 heavy (non-hydrogen) atoms. The van der Waals surface area contributed by atoms with Crippen LogP contribution in [0.2, 0.25) is 0 Å². The summed E-state index contributed by atoms with van der Waals surface area (Å²) in [5, 5.41) is 4.37. The summed E-state index contributed by atoms with van der Waals surface area (Å²) in [5.41, 5.74) is 1.30. The highest BCUT2D eigenvalue weighted by atomic mass is 32.1. The number of hydrogen-bond acceptors (Lipinski definition) is 4. The number of morpholine rings is 1. The number of nitrogens with one attached hydrogen (secondary N) is 3. The molecule has 1 aromatic carbocycles. The van der Waals surface area contributed by atoms with Gasteiger partial charge in [0.1, 0.15) is 19.6 Å².